The molecule has 240 valence electrons. The van der Waals surface area contributed by atoms with E-state index in [9.17, 15) is 9.90 Å². The number of benzene rings is 1. The predicted octanol–water partition coefficient (Wildman–Crippen LogP) is 5.15. The van der Waals surface area contributed by atoms with Crippen molar-refractivity contribution >= 4 is 28.4 Å². The van der Waals surface area contributed by atoms with Gasteiger partial charge in [-0.05, 0) is 120 Å². The number of aromatic nitrogens is 5. The van der Waals surface area contributed by atoms with Crippen molar-refractivity contribution in [2.24, 2.45) is 10.8 Å². The summed E-state index contributed by atoms with van der Waals surface area (Å²) < 4.78 is 3.33. The SMILES string of the molecule is C=CCn1c(=O)c2cnc(Nc3ccc(N4CCC5(CCN(C)CC5)CC4)cc3)nc2n1-c1ccc2c(n1)C(C)(O)C1(CC2)CC1. The van der Waals surface area contributed by atoms with Crippen molar-refractivity contribution in [2.45, 2.75) is 70.4 Å². The van der Waals surface area contributed by atoms with E-state index in [0.717, 1.165) is 50.0 Å². The number of fused-ring (bicyclic) bond motifs is 2. The molecular weight excluding hydrogens is 576 g/mol. The first-order valence-corrected chi connectivity index (χ1v) is 16.8. The van der Waals surface area contributed by atoms with Crippen molar-refractivity contribution in [1.29, 1.82) is 0 Å². The summed E-state index contributed by atoms with van der Waals surface area (Å²) in [7, 11) is 2.24. The van der Waals surface area contributed by atoms with E-state index in [0.29, 0.717) is 33.9 Å². The van der Waals surface area contributed by atoms with Gasteiger partial charge in [0.1, 0.15) is 11.0 Å². The minimum atomic E-state index is -1.01. The highest BCUT2D eigenvalue weighted by Crippen LogP contribution is 2.63. The number of pyridine rings is 1. The van der Waals surface area contributed by atoms with Gasteiger partial charge in [0.15, 0.2) is 11.5 Å². The minimum Gasteiger partial charge on any atom is -0.383 e. The zero-order valence-electron chi connectivity index (χ0n) is 27.0. The highest BCUT2D eigenvalue weighted by Gasteiger charge is 2.59. The molecule has 5 heterocycles. The second-order valence-electron chi connectivity index (χ2n) is 14.4. The summed E-state index contributed by atoms with van der Waals surface area (Å²) in [5, 5.41) is 15.4. The van der Waals surface area contributed by atoms with E-state index in [2.05, 4.69) is 58.0 Å². The molecule has 10 heteroatoms. The number of allylic oxidation sites excluding steroid dienone is 1. The number of hydrogen-bond donors (Lipinski definition) is 2. The third-order valence-corrected chi connectivity index (χ3v) is 11.7. The molecule has 2 N–H and O–H groups in total. The fraction of sp³-hybridized carbons (Fsp3) is 0.500. The summed E-state index contributed by atoms with van der Waals surface area (Å²) in [6.07, 6.45) is 12.3. The zero-order valence-corrected chi connectivity index (χ0v) is 27.0. The summed E-state index contributed by atoms with van der Waals surface area (Å²) in [4.78, 5) is 32.8. The van der Waals surface area contributed by atoms with Gasteiger partial charge in [-0.2, -0.15) is 4.98 Å². The molecule has 1 saturated carbocycles. The summed E-state index contributed by atoms with van der Waals surface area (Å²) in [6.45, 7) is 10.7. The lowest BCUT2D eigenvalue weighted by Crippen LogP contribution is -2.46. The second-order valence-corrected chi connectivity index (χ2v) is 14.4. The molecule has 8 rings (SSSR count). The van der Waals surface area contributed by atoms with Crippen LogP contribution in [0.4, 0.5) is 17.3 Å². The van der Waals surface area contributed by atoms with E-state index in [1.165, 1.54) is 44.5 Å². The maximum atomic E-state index is 13.5. The number of anilines is 3. The van der Waals surface area contributed by atoms with E-state index >= 15 is 0 Å². The largest absolute Gasteiger partial charge is 0.383 e. The summed E-state index contributed by atoms with van der Waals surface area (Å²) in [5.41, 5.74) is 3.55. The molecule has 10 nitrogen and oxygen atoms in total. The van der Waals surface area contributed by atoms with E-state index in [1.54, 1.807) is 21.6 Å². The van der Waals surface area contributed by atoms with Crippen LogP contribution in [0, 0.1) is 10.8 Å². The van der Waals surface area contributed by atoms with E-state index in [4.69, 9.17) is 9.97 Å². The van der Waals surface area contributed by atoms with E-state index < -0.39 is 5.60 Å². The van der Waals surface area contributed by atoms with Crippen LogP contribution in [0.25, 0.3) is 16.9 Å². The van der Waals surface area contributed by atoms with Crippen LogP contribution in [0.5, 0.6) is 0 Å². The van der Waals surface area contributed by atoms with Crippen LogP contribution in [0.2, 0.25) is 0 Å². The van der Waals surface area contributed by atoms with Crippen LogP contribution in [-0.2, 0) is 18.6 Å². The summed E-state index contributed by atoms with van der Waals surface area (Å²) >= 11 is 0. The number of nitrogens with zero attached hydrogens (tertiary/aromatic N) is 7. The Hall–Kier alpha value is -4.02. The van der Waals surface area contributed by atoms with Crippen molar-refractivity contribution in [3.63, 3.8) is 0 Å². The average molecular weight is 621 g/mol. The Labute approximate surface area is 269 Å². The molecule has 1 atom stereocenters. The Morgan fingerprint density at radius 1 is 0.957 bits per heavy atom. The Morgan fingerprint density at radius 2 is 1.67 bits per heavy atom. The first kappa shape index (κ1) is 29.4. The second kappa shape index (κ2) is 10.8. The van der Waals surface area contributed by atoms with Gasteiger partial charge < -0.3 is 20.2 Å². The normalized spacial score (nSPS) is 23.5. The monoisotopic (exact) mass is 620 g/mol. The van der Waals surface area contributed by atoms with Crippen molar-refractivity contribution in [1.82, 2.24) is 29.2 Å². The van der Waals surface area contributed by atoms with Crippen LogP contribution in [-0.4, -0.2) is 67.5 Å². The molecule has 4 aliphatic rings. The lowest BCUT2D eigenvalue weighted by molar-refractivity contribution is -0.0371. The van der Waals surface area contributed by atoms with Crippen LogP contribution in [0.15, 0.2) is 60.0 Å². The number of aliphatic hydroxyl groups is 1. The highest BCUT2D eigenvalue weighted by atomic mass is 16.3. The van der Waals surface area contributed by atoms with Crippen LogP contribution in [0.1, 0.15) is 63.1 Å². The quantitative estimate of drug-likeness (QED) is 0.285. The van der Waals surface area contributed by atoms with Gasteiger partial charge in [0.25, 0.3) is 5.56 Å². The van der Waals surface area contributed by atoms with Crippen molar-refractivity contribution in [3.8, 4) is 5.82 Å². The van der Waals surface area contributed by atoms with Gasteiger partial charge in [-0.1, -0.05) is 12.1 Å². The molecule has 2 aliphatic carbocycles. The van der Waals surface area contributed by atoms with Gasteiger partial charge in [0.2, 0.25) is 5.95 Å². The minimum absolute atomic E-state index is 0.0944. The van der Waals surface area contributed by atoms with Gasteiger partial charge >= 0.3 is 0 Å². The van der Waals surface area contributed by atoms with Gasteiger partial charge in [-0.25, -0.2) is 19.3 Å². The molecule has 2 saturated heterocycles. The topological polar surface area (TPSA) is 104 Å². The zero-order chi connectivity index (χ0) is 31.7. The molecular formula is C36H44N8O2. The molecule has 2 aliphatic heterocycles. The lowest BCUT2D eigenvalue weighted by Gasteiger charge is -2.46. The molecule has 3 fully saturated rings. The molecule has 1 unspecified atom stereocenters. The number of hydrogen-bond acceptors (Lipinski definition) is 8. The first-order chi connectivity index (χ1) is 22.2. The first-order valence-electron chi connectivity index (χ1n) is 16.8. The molecule has 0 amide bonds. The summed E-state index contributed by atoms with van der Waals surface area (Å²) in [6, 6.07) is 12.4. The van der Waals surface area contributed by atoms with Gasteiger partial charge in [-0.15, -0.1) is 6.58 Å². The number of rotatable bonds is 6. The highest BCUT2D eigenvalue weighted by molar-refractivity contribution is 5.77. The summed E-state index contributed by atoms with van der Waals surface area (Å²) in [5.74, 6) is 0.942. The van der Waals surface area contributed by atoms with E-state index in [-0.39, 0.29) is 17.5 Å². The molecule has 0 radical (unpaired) electrons. The molecule has 46 heavy (non-hydrogen) atoms. The molecule has 1 aromatic carbocycles. The van der Waals surface area contributed by atoms with E-state index in [1.807, 2.05) is 19.1 Å². The Morgan fingerprint density at radius 3 is 2.37 bits per heavy atom. The standard InChI is InChI=1S/C36H44N8O2/c1-4-19-43-32(45)28-24-37-33(38-26-6-8-27(9-7-26)42-22-17-35(18-23-42)15-20-41(3)21-16-35)40-31(28)44(43)29-10-5-25-11-12-36(13-14-36)34(2,46)30(25)39-29/h4-10,24,46H,1,11-23H2,2-3H3,(H,37,38,40). The predicted molar refractivity (Wildman–Crippen MR) is 181 cm³/mol. The number of nitrogens with one attached hydrogen (secondary N) is 1. The Kier molecular flexibility index (Phi) is 6.88. The van der Waals surface area contributed by atoms with Crippen molar-refractivity contribution < 1.29 is 5.11 Å². The van der Waals surface area contributed by atoms with Gasteiger partial charge in [0, 0.05) is 36.1 Å². The Balaban J connectivity index is 1.06. The maximum absolute atomic E-state index is 13.5. The third-order valence-electron chi connectivity index (χ3n) is 11.7. The van der Waals surface area contributed by atoms with Gasteiger partial charge in [-0.3, -0.25) is 4.79 Å². The number of piperidine rings is 2. The van der Waals surface area contributed by atoms with Crippen LogP contribution in [0.3, 0.4) is 0 Å². The van der Waals surface area contributed by atoms with Crippen molar-refractivity contribution in [2.75, 3.05) is 43.4 Å². The molecule has 4 aromatic rings. The van der Waals surface area contributed by atoms with Crippen molar-refractivity contribution in [3.05, 3.63) is 76.9 Å². The smallest absolute Gasteiger partial charge is 0.278 e. The molecule has 0 bridgehead atoms. The number of aryl methyl sites for hydroxylation is 1. The maximum Gasteiger partial charge on any atom is 0.278 e. The van der Waals surface area contributed by atoms with Gasteiger partial charge in [0.05, 0.1) is 12.2 Å². The molecule has 2 spiro atoms. The fourth-order valence-corrected chi connectivity index (χ4v) is 8.30. The van der Waals surface area contributed by atoms with Crippen LogP contribution >= 0.6 is 0 Å². The average Bonchev–Trinajstić information content (AvgIpc) is 3.82. The Bertz CT molecular complexity index is 1850. The molecule has 3 aromatic heterocycles. The fourth-order valence-electron chi connectivity index (χ4n) is 8.30. The van der Waals surface area contributed by atoms with Crippen LogP contribution < -0.4 is 15.8 Å². The lowest BCUT2D eigenvalue weighted by atomic mass is 9.71. The number of likely N-dealkylation sites (tertiary alicyclic amines) is 1. The third kappa shape index (κ3) is 4.76.